The predicted octanol–water partition coefficient (Wildman–Crippen LogP) is 4.44. The third-order valence-corrected chi connectivity index (χ3v) is 1.79. The first-order valence-corrected chi connectivity index (χ1v) is 5.93. The second-order valence-corrected chi connectivity index (χ2v) is 4.85. The average molecular weight is 242 g/mol. The molecular formula is C15H30O2. The summed E-state index contributed by atoms with van der Waals surface area (Å²) in [7, 11) is 0. The summed E-state index contributed by atoms with van der Waals surface area (Å²) < 4.78 is 0. The zero-order valence-electron chi connectivity index (χ0n) is 11.5. The van der Waals surface area contributed by atoms with E-state index in [9.17, 15) is 9.59 Å². The first-order valence-electron chi connectivity index (χ1n) is 5.93. The minimum atomic E-state index is 0. The van der Waals surface area contributed by atoms with Gasteiger partial charge in [-0.25, -0.2) is 0 Å². The van der Waals surface area contributed by atoms with Crippen molar-refractivity contribution in [2.24, 2.45) is 11.8 Å². The topological polar surface area (TPSA) is 34.1 Å². The maximum atomic E-state index is 10.3. The number of allylic oxidation sites excluding steroid dienone is 2. The molecule has 0 atom stereocenters. The van der Waals surface area contributed by atoms with Gasteiger partial charge in [0.25, 0.3) is 0 Å². The van der Waals surface area contributed by atoms with Crippen molar-refractivity contribution < 1.29 is 9.59 Å². The van der Waals surface area contributed by atoms with Gasteiger partial charge in [0.2, 0.25) is 0 Å². The first kappa shape index (κ1) is 21.4. The van der Waals surface area contributed by atoms with Crippen molar-refractivity contribution in [2.75, 3.05) is 0 Å². The quantitative estimate of drug-likeness (QED) is 0.668. The Kier molecular flexibility index (Phi) is 16.5. The van der Waals surface area contributed by atoms with Crippen molar-refractivity contribution in [2.45, 2.75) is 61.8 Å². The molecule has 0 rings (SSSR count). The summed E-state index contributed by atoms with van der Waals surface area (Å²) in [6, 6.07) is 0. The molecule has 2 nitrogen and oxygen atoms in total. The van der Waals surface area contributed by atoms with Crippen LogP contribution in [0.5, 0.6) is 0 Å². The molecule has 0 aromatic heterocycles. The Morgan fingerprint density at radius 1 is 1.06 bits per heavy atom. The van der Waals surface area contributed by atoms with E-state index in [0.29, 0.717) is 17.6 Å². The molecule has 2 heteroatoms. The van der Waals surface area contributed by atoms with Gasteiger partial charge in [-0.15, -0.1) is 0 Å². The van der Waals surface area contributed by atoms with E-state index in [4.69, 9.17) is 0 Å². The zero-order valence-corrected chi connectivity index (χ0v) is 11.5. The highest BCUT2D eigenvalue weighted by Gasteiger charge is 1.95. The van der Waals surface area contributed by atoms with Gasteiger partial charge in [0, 0.05) is 6.42 Å². The van der Waals surface area contributed by atoms with Crippen LogP contribution in [0, 0.1) is 11.8 Å². The Labute approximate surface area is 107 Å². The maximum Gasteiger partial charge on any atom is 0.152 e. The molecule has 0 amide bonds. The molecule has 0 radical (unpaired) electrons. The van der Waals surface area contributed by atoms with Gasteiger partial charge in [-0.3, -0.25) is 4.79 Å². The van der Waals surface area contributed by atoms with Crippen LogP contribution in [0.1, 0.15) is 61.8 Å². The van der Waals surface area contributed by atoms with Gasteiger partial charge in [0.1, 0.15) is 5.78 Å². The number of hydrogen-bond acceptors (Lipinski definition) is 2. The van der Waals surface area contributed by atoms with Crippen LogP contribution in [-0.4, -0.2) is 11.6 Å². The summed E-state index contributed by atoms with van der Waals surface area (Å²) in [4.78, 5) is 20.6. The van der Waals surface area contributed by atoms with Crippen LogP contribution in [0.3, 0.4) is 0 Å². The monoisotopic (exact) mass is 242 g/mol. The number of ketones is 2. The summed E-state index contributed by atoms with van der Waals surface area (Å²) in [5.74, 6) is 1.58. The van der Waals surface area contributed by atoms with Crippen molar-refractivity contribution in [1.29, 1.82) is 0 Å². The minimum Gasteiger partial charge on any atom is -0.300 e. The average Bonchev–Trinajstić information content (AvgIpc) is 2.12. The molecule has 0 aliphatic heterocycles. The van der Waals surface area contributed by atoms with E-state index in [1.54, 1.807) is 19.9 Å². The van der Waals surface area contributed by atoms with Crippen LogP contribution in [-0.2, 0) is 9.59 Å². The largest absolute Gasteiger partial charge is 0.300 e. The number of carbonyl (C=O) groups is 2. The molecule has 0 aliphatic rings. The number of hydrogen-bond donors (Lipinski definition) is 0. The molecule has 0 aliphatic carbocycles. The molecule has 0 spiro atoms. The summed E-state index contributed by atoms with van der Waals surface area (Å²) in [6.07, 6.45) is 5.28. The maximum absolute atomic E-state index is 10.3. The molecule has 0 heterocycles. The van der Waals surface area contributed by atoms with Gasteiger partial charge in [0.05, 0.1) is 0 Å². The lowest BCUT2D eigenvalue weighted by Gasteiger charge is -1.98. The molecule has 102 valence electrons. The van der Waals surface area contributed by atoms with E-state index in [1.807, 2.05) is 19.9 Å². The van der Waals surface area contributed by atoms with Crippen LogP contribution in [0.25, 0.3) is 0 Å². The van der Waals surface area contributed by atoms with Gasteiger partial charge in [-0.2, -0.15) is 0 Å². The van der Waals surface area contributed by atoms with Crippen LogP contribution >= 0.6 is 0 Å². The van der Waals surface area contributed by atoms with Gasteiger partial charge < -0.3 is 4.79 Å². The zero-order chi connectivity index (χ0) is 13.1. The lowest BCUT2D eigenvalue weighted by atomic mass is 10.1. The Balaban J connectivity index is -0.000000218. The summed E-state index contributed by atoms with van der Waals surface area (Å²) >= 11 is 0. The van der Waals surface area contributed by atoms with Gasteiger partial charge in [0.15, 0.2) is 5.78 Å². The van der Waals surface area contributed by atoms with E-state index in [-0.39, 0.29) is 13.2 Å². The number of carbonyl (C=O) groups excluding carboxylic acids is 2. The minimum absolute atomic E-state index is 0. The molecule has 0 saturated carbocycles. The summed E-state index contributed by atoms with van der Waals surface area (Å²) in [5, 5.41) is 0. The van der Waals surface area contributed by atoms with Crippen molar-refractivity contribution in [3.63, 3.8) is 0 Å². The van der Waals surface area contributed by atoms with Gasteiger partial charge in [-0.1, -0.05) is 41.2 Å². The van der Waals surface area contributed by atoms with Crippen molar-refractivity contribution >= 4 is 11.6 Å². The van der Waals surface area contributed by atoms with Gasteiger partial charge >= 0.3 is 0 Å². The Bertz CT molecular complexity index is 225. The van der Waals surface area contributed by atoms with Crippen molar-refractivity contribution in [3.05, 3.63) is 12.2 Å². The lowest BCUT2D eigenvalue weighted by Crippen LogP contribution is -1.93. The summed E-state index contributed by atoms with van der Waals surface area (Å²) in [5.41, 5.74) is 0. The molecular weight excluding hydrogens is 212 g/mol. The number of Topliss-reactive ketones (excluding diaryl/α,β-unsaturated/α-hetero) is 1. The van der Waals surface area contributed by atoms with Crippen LogP contribution < -0.4 is 0 Å². The van der Waals surface area contributed by atoms with E-state index < -0.39 is 0 Å². The highest BCUT2D eigenvalue weighted by Crippen LogP contribution is 2.02. The fourth-order valence-corrected chi connectivity index (χ4v) is 0.820. The number of rotatable bonds is 5. The van der Waals surface area contributed by atoms with E-state index in [1.165, 1.54) is 0 Å². The molecule has 0 fully saturated rings. The molecule has 0 saturated heterocycles. The smallest absolute Gasteiger partial charge is 0.152 e. The molecule has 17 heavy (non-hydrogen) atoms. The predicted molar refractivity (Wildman–Crippen MR) is 76.1 cm³/mol. The van der Waals surface area contributed by atoms with Gasteiger partial charge in [-0.05, 0) is 38.2 Å². The van der Waals surface area contributed by atoms with Crippen LogP contribution in [0.15, 0.2) is 12.2 Å². The second kappa shape index (κ2) is 13.1. The highest BCUT2D eigenvalue weighted by atomic mass is 16.1. The van der Waals surface area contributed by atoms with Crippen LogP contribution in [0.4, 0.5) is 0 Å². The third kappa shape index (κ3) is 31.3. The SMILES string of the molecule is C.CC(=O)/C=C/C(C)C.CC(=O)CCC(C)C. The lowest BCUT2D eigenvalue weighted by molar-refractivity contribution is -0.117. The van der Waals surface area contributed by atoms with Crippen LogP contribution in [0.2, 0.25) is 0 Å². The van der Waals surface area contributed by atoms with E-state index in [0.717, 1.165) is 12.8 Å². The third-order valence-electron chi connectivity index (χ3n) is 1.79. The Morgan fingerprint density at radius 2 is 1.53 bits per heavy atom. The molecule has 0 unspecified atom stereocenters. The Morgan fingerprint density at radius 3 is 1.65 bits per heavy atom. The second-order valence-electron chi connectivity index (χ2n) is 4.85. The Hall–Kier alpha value is -0.920. The normalized spacial score (nSPS) is 9.88. The summed E-state index contributed by atoms with van der Waals surface area (Å²) in [6.45, 7) is 11.5. The first-order chi connectivity index (χ1) is 7.25. The highest BCUT2D eigenvalue weighted by molar-refractivity contribution is 5.87. The molecule has 0 bridgehead atoms. The van der Waals surface area contributed by atoms with Crippen molar-refractivity contribution in [1.82, 2.24) is 0 Å². The molecule has 0 aromatic rings. The molecule has 0 aromatic carbocycles. The fraction of sp³-hybridized carbons (Fsp3) is 0.733. The van der Waals surface area contributed by atoms with E-state index >= 15 is 0 Å². The van der Waals surface area contributed by atoms with Crippen molar-refractivity contribution in [3.8, 4) is 0 Å². The standard InChI is InChI=1S/C7H14O.C7H12O.CH4/c2*1-6(2)4-5-7(3)8;/h6H,4-5H2,1-3H3;4-6H,1-3H3;1H4/b;5-4+;. The van der Waals surface area contributed by atoms with E-state index in [2.05, 4.69) is 13.8 Å². The fourth-order valence-electron chi connectivity index (χ4n) is 0.820. The molecule has 0 N–H and O–H groups in total.